The van der Waals surface area contributed by atoms with Gasteiger partial charge in [0.15, 0.2) is 0 Å². The quantitative estimate of drug-likeness (QED) is 0.204. The van der Waals surface area contributed by atoms with E-state index in [1.807, 2.05) is 24.3 Å². The van der Waals surface area contributed by atoms with Gasteiger partial charge in [0.2, 0.25) is 0 Å². The van der Waals surface area contributed by atoms with E-state index in [0.717, 1.165) is 16.9 Å². The first-order valence-electron chi connectivity index (χ1n) is 11.3. The lowest BCUT2D eigenvalue weighted by Gasteiger charge is -2.15. The fourth-order valence-electron chi connectivity index (χ4n) is 3.46. The van der Waals surface area contributed by atoms with Crippen LogP contribution >= 0.6 is 11.3 Å². The molecule has 0 saturated heterocycles. The topological polar surface area (TPSA) is 123 Å². The highest BCUT2D eigenvalue weighted by Crippen LogP contribution is 2.33. The van der Waals surface area contributed by atoms with Crippen molar-refractivity contribution in [2.75, 3.05) is 24.7 Å². The number of rotatable bonds is 9. The zero-order valence-corrected chi connectivity index (χ0v) is 21.1. The number of methoxy groups -OCH3 is 1. The summed E-state index contributed by atoms with van der Waals surface area (Å²) in [6, 6.07) is 12.9. The summed E-state index contributed by atoms with van der Waals surface area (Å²) in [5, 5.41) is 15.3. The van der Waals surface area contributed by atoms with Crippen LogP contribution < -0.4 is 15.8 Å². The molecule has 2 aromatic carbocycles. The lowest BCUT2D eigenvalue weighted by Crippen LogP contribution is -2.19. The average molecular weight is 505 g/mol. The predicted octanol–water partition coefficient (Wildman–Crippen LogP) is 5.49. The van der Waals surface area contributed by atoms with Gasteiger partial charge in [-0.1, -0.05) is 12.1 Å². The van der Waals surface area contributed by atoms with Crippen molar-refractivity contribution in [2.24, 2.45) is 4.99 Å². The van der Waals surface area contributed by atoms with E-state index in [0.29, 0.717) is 46.2 Å². The lowest BCUT2D eigenvalue weighted by molar-refractivity contribution is 0.0739. The predicted molar refractivity (Wildman–Crippen MR) is 144 cm³/mol. The van der Waals surface area contributed by atoms with Crippen molar-refractivity contribution in [1.29, 1.82) is 0 Å². The molecule has 0 saturated carbocycles. The maximum absolute atomic E-state index is 13.2. The second-order valence-electron chi connectivity index (χ2n) is 8.86. The molecule has 0 unspecified atom stereocenters. The van der Waals surface area contributed by atoms with Crippen LogP contribution in [0.3, 0.4) is 0 Å². The number of ether oxygens (including phenoxy) is 1. The first kappa shape index (κ1) is 25.2. The Morgan fingerprint density at radius 1 is 1.28 bits per heavy atom. The Bertz CT molecular complexity index is 1370. The molecule has 1 amide bonds. The minimum Gasteiger partial charge on any atom is -0.497 e. The first-order chi connectivity index (χ1) is 17.2. The third-order valence-electron chi connectivity index (χ3n) is 5.44. The highest BCUT2D eigenvalue weighted by atomic mass is 32.1. The molecule has 0 aliphatic carbocycles. The lowest BCUT2D eigenvalue weighted by atomic mass is 10.0. The van der Waals surface area contributed by atoms with E-state index in [-0.39, 0.29) is 5.91 Å². The van der Waals surface area contributed by atoms with Gasteiger partial charge in [0.25, 0.3) is 5.91 Å². The number of amides is 1. The van der Waals surface area contributed by atoms with Crippen LogP contribution in [0.4, 0.5) is 11.4 Å². The molecule has 186 valence electrons. The summed E-state index contributed by atoms with van der Waals surface area (Å²) < 4.78 is 10.5. The maximum atomic E-state index is 13.2. The fraction of sp³-hybridized carbons (Fsp3) is 0.222. The van der Waals surface area contributed by atoms with Crippen molar-refractivity contribution in [3.8, 4) is 27.4 Å². The van der Waals surface area contributed by atoms with Gasteiger partial charge in [0, 0.05) is 51.8 Å². The molecule has 0 aliphatic rings. The van der Waals surface area contributed by atoms with Gasteiger partial charge in [0.05, 0.1) is 25.2 Å². The molecule has 0 atom stereocenters. The number of hydrogen-bond acceptors (Lipinski definition) is 8. The van der Waals surface area contributed by atoms with Gasteiger partial charge in [-0.2, -0.15) is 0 Å². The van der Waals surface area contributed by atoms with E-state index >= 15 is 0 Å². The normalized spacial score (nSPS) is 11.7. The second kappa shape index (κ2) is 10.8. The summed E-state index contributed by atoms with van der Waals surface area (Å²) in [5.41, 5.74) is 9.86. The Morgan fingerprint density at radius 2 is 2.11 bits per heavy atom. The molecule has 4 rings (SSSR count). The van der Waals surface area contributed by atoms with Crippen molar-refractivity contribution in [1.82, 2.24) is 4.98 Å². The van der Waals surface area contributed by atoms with E-state index in [1.54, 1.807) is 63.3 Å². The fourth-order valence-corrected chi connectivity index (χ4v) is 4.26. The SMILES string of the molecule is COc1cccc(-c2nc(C(=O)Nc3cc(C=NCCC(C)(C)O)c(N)cc3-c3ccoc3)cs2)c1. The van der Waals surface area contributed by atoms with E-state index in [1.165, 1.54) is 11.3 Å². The molecule has 8 nitrogen and oxygen atoms in total. The van der Waals surface area contributed by atoms with Gasteiger partial charge in [0.1, 0.15) is 16.5 Å². The number of hydrogen-bond donors (Lipinski definition) is 3. The van der Waals surface area contributed by atoms with Crippen molar-refractivity contribution in [3.63, 3.8) is 0 Å². The number of nitrogens with one attached hydrogen (secondary N) is 1. The molecule has 0 spiro atoms. The summed E-state index contributed by atoms with van der Waals surface area (Å²) in [5.74, 6) is 0.372. The number of thiazole rings is 1. The zero-order valence-electron chi connectivity index (χ0n) is 20.3. The summed E-state index contributed by atoms with van der Waals surface area (Å²) in [6.45, 7) is 3.92. The number of carbonyl (C=O) groups excluding carboxylic acids is 1. The number of aliphatic hydroxyl groups is 1. The number of furan rings is 1. The van der Waals surface area contributed by atoms with Gasteiger partial charge < -0.3 is 25.3 Å². The molecule has 0 aliphatic heterocycles. The van der Waals surface area contributed by atoms with Crippen LogP contribution in [-0.4, -0.2) is 41.5 Å². The minimum atomic E-state index is -0.801. The van der Waals surface area contributed by atoms with E-state index < -0.39 is 5.60 Å². The molecule has 2 heterocycles. The Balaban J connectivity index is 1.60. The molecule has 4 N–H and O–H groups in total. The van der Waals surface area contributed by atoms with Crippen molar-refractivity contribution in [3.05, 3.63) is 71.6 Å². The largest absolute Gasteiger partial charge is 0.497 e. The molecule has 36 heavy (non-hydrogen) atoms. The molecule has 0 radical (unpaired) electrons. The number of nitrogens with two attached hydrogens (primary N) is 1. The van der Waals surface area contributed by atoms with Crippen molar-refractivity contribution >= 4 is 34.8 Å². The number of benzene rings is 2. The maximum Gasteiger partial charge on any atom is 0.275 e. The smallest absolute Gasteiger partial charge is 0.275 e. The summed E-state index contributed by atoms with van der Waals surface area (Å²) in [7, 11) is 1.61. The van der Waals surface area contributed by atoms with Crippen LogP contribution in [0.1, 0.15) is 36.3 Å². The van der Waals surface area contributed by atoms with Crippen molar-refractivity contribution in [2.45, 2.75) is 25.9 Å². The molecule has 2 aromatic heterocycles. The van der Waals surface area contributed by atoms with Crippen LogP contribution in [0.5, 0.6) is 5.75 Å². The molecule has 9 heteroatoms. The standard InChI is InChI=1S/C27H28N4O4S/c1-27(2,33)8-9-29-14-19-12-23(21(13-22(19)28)18-7-10-35-15-18)30-25(32)24-16-36-26(31-24)17-5-4-6-20(11-17)34-3/h4-7,10-16,33H,8-9,28H2,1-3H3,(H,30,32). The average Bonchev–Trinajstić information content (AvgIpc) is 3.55. The number of anilines is 2. The van der Waals surface area contributed by atoms with Gasteiger partial charge in [-0.25, -0.2) is 4.98 Å². The van der Waals surface area contributed by atoms with E-state index in [2.05, 4.69) is 15.3 Å². The molecular weight excluding hydrogens is 476 g/mol. The van der Waals surface area contributed by atoms with Gasteiger partial charge >= 0.3 is 0 Å². The number of nitrogen functional groups attached to an aromatic ring is 1. The van der Waals surface area contributed by atoms with E-state index in [4.69, 9.17) is 14.9 Å². The molecule has 4 aromatic rings. The Labute approximate surface area is 213 Å². The van der Waals surface area contributed by atoms with Crippen LogP contribution in [0.25, 0.3) is 21.7 Å². The molecule has 0 bridgehead atoms. The van der Waals surface area contributed by atoms with Crippen LogP contribution in [-0.2, 0) is 0 Å². The highest BCUT2D eigenvalue weighted by molar-refractivity contribution is 7.13. The Morgan fingerprint density at radius 3 is 2.83 bits per heavy atom. The van der Waals surface area contributed by atoms with Gasteiger partial charge in [-0.05, 0) is 50.6 Å². The summed E-state index contributed by atoms with van der Waals surface area (Å²) in [4.78, 5) is 22.1. The van der Waals surface area contributed by atoms with Crippen LogP contribution in [0.2, 0.25) is 0 Å². The first-order valence-corrected chi connectivity index (χ1v) is 12.2. The zero-order chi connectivity index (χ0) is 25.7. The third kappa shape index (κ3) is 6.18. The number of carbonyl (C=O) groups is 1. The Hall–Kier alpha value is -3.95. The number of aromatic nitrogens is 1. The van der Waals surface area contributed by atoms with Crippen molar-refractivity contribution < 1.29 is 19.1 Å². The monoisotopic (exact) mass is 504 g/mol. The minimum absolute atomic E-state index is 0.299. The van der Waals surface area contributed by atoms with E-state index in [9.17, 15) is 9.90 Å². The van der Waals surface area contributed by atoms with Gasteiger partial charge in [-0.15, -0.1) is 11.3 Å². The van der Waals surface area contributed by atoms with Crippen LogP contribution in [0, 0.1) is 0 Å². The third-order valence-corrected chi connectivity index (χ3v) is 6.33. The number of aliphatic imine (C=N–C) groups is 1. The summed E-state index contributed by atoms with van der Waals surface area (Å²) in [6.07, 6.45) is 5.31. The van der Waals surface area contributed by atoms with Crippen LogP contribution in [0.15, 0.2) is 69.8 Å². The molecular formula is C27H28N4O4S. The number of nitrogens with zero attached hydrogens (tertiary/aromatic N) is 2. The highest BCUT2D eigenvalue weighted by Gasteiger charge is 2.17. The van der Waals surface area contributed by atoms with Gasteiger partial charge in [-0.3, -0.25) is 9.79 Å². The Kier molecular flexibility index (Phi) is 7.52. The molecule has 0 fully saturated rings. The second-order valence-corrected chi connectivity index (χ2v) is 9.72. The summed E-state index contributed by atoms with van der Waals surface area (Å²) >= 11 is 1.38.